The molecule has 0 aliphatic heterocycles. The quantitative estimate of drug-likeness (QED) is 0.722. The molecule has 1 aromatic carbocycles. The summed E-state index contributed by atoms with van der Waals surface area (Å²) < 4.78 is 11.1. The minimum Gasteiger partial charge on any atom is -0.492 e. The Kier molecular flexibility index (Phi) is 6.36. The maximum atomic E-state index is 5.81. The van der Waals surface area contributed by atoms with E-state index in [0.717, 1.165) is 25.4 Å². The van der Waals surface area contributed by atoms with E-state index in [1.54, 1.807) is 0 Å². The summed E-state index contributed by atoms with van der Waals surface area (Å²) in [6.45, 7) is 10.6. The van der Waals surface area contributed by atoms with E-state index in [1.165, 1.54) is 0 Å². The summed E-state index contributed by atoms with van der Waals surface area (Å²) in [6.07, 6.45) is 0. The van der Waals surface area contributed by atoms with Gasteiger partial charge < -0.3 is 20.1 Å². The molecule has 0 saturated heterocycles. The van der Waals surface area contributed by atoms with E-state index < -0.39 is 0 Å². The van der Waals surface area contributed by atoms with Crippen molar-refractivity contribution < 1.29 is 9.47 Å². The third kappa shape index (κ3) is 4.45. The first-order valence-corrected chi connectivity index (χ1v) is 6.58. The molecule has 102 valence electrons. The summed E-state index contributed by atoms with van der Waals surface area (Å²) >= 11 is 0. The van der Waals surface area contributed by atoms with Crippen LogP contribution in [-0.4, -0.2) is 37.7 Å². The molecule has 4 heteroatoms. The zero-order valence-corrected chi connectivity index (χ0v) is 11.6. The first-order chi connectivity index (χ1) is 8.71. The first kappa shape index (κ1) is 14.6. The monoisotopic (exact) mass is 252 g/mol. The van der Waals surface area contributed by atoms with Gasteiger partial charge in [0.05, 0.1) is 12.3 Å². The number of rotatable bonds is 8. The molecule has 1 rings (SSSR count). The van der Waals surface area contributed by atoms with Crippen LogP contribution >= 0.6 is 0 Å². The maximum absolute atomic E-state index is 5.81. The molecule has 1 aromatic rings. The summed E-state index contributed by atoms with van der Waals surface area (Å²) in [5, 5.41) is 0. The lowest BCUT2D eigenvalue weighted by atomic mass is 10.3. The van der Waals surface area contributed by atoms with Gasteiger partial charge in [0.2, 0.25) is 0 Å². The molecular formula is C14H24N2O2. The van der Waals surface area contributed by atoms with Gasteiger partial charge in [-0.1, -0.05) is 13.8 Å². The van der Waals surface area contributed by atoms with E-state index in [2.05, 4.69) is 18.7 Å². The Balaban J connectivity index is 2.49. The van der Waals surface area contributed by atoms with Crippen LogP contribution in [-0.2, 0) is 0 Å². The van der Waals surface area contributed by atoms with E-state index in [4.69, 9.17) is 15.2 Å². The smallest absolute Gasteiger partial charge is 0.145 e. The van der Waals surface area contributed by atoms with Crippen molar-refractivity contribution in [2.24, 2.45) is 0 Å². The van der Waals surface area contributed by atoms with Gasteiger partial charge in [-0.25, -0.2) is 0 Å². The number of nitrogen functional groups attached to an aromatic ring is 1. The van der Waals surface area contributed by atoms with E-state index in [-0.39, 0.29) is 0 Å². The SMILES string of the molecule is CCOc1cc(OCCN(CC)CC)ccc1N. The molecule has 0 aliphatic rings. The van der Waals surface area contributed by atoms with Gasteiger partial charge in [-0.15, -0.1) is 0 Å². The lowest BCUT2D eigenvalue weighted by Crippen LogP contribution is -2.27. The molecule has 4 nitrogen and oxygen atoms in total. The van der Waals surface area contributed by atoms with Gasteiger partial charge in [0, 0.05) is 12.6 Å². The zero-order chi connectivity index (χ0) is 13.4. The van der Waals surface area contributed by atoms with Crippen molar-refractivity contribution in [3.63, 3.8) is 0 Å². The highest BCUT2D eigenvalue weighted by atomic mass is 16.5. The normalized spacial score (nSPS) is 10.7. The Hall–Kier alpha value is -1.42. The van der Waals surface area contributed by atoms with Crippen LogP contribution in [0.15, 0.2) is 18.2 Å². The van der Waals surface area contributed by atoms with Crippen molar-refractivity contribution in [1.29, 1.82) is 0 Å². The van der Waals surface area contributed by atoms with Crippen molar-refractivity contribution in [2.75, 3.05) is 38.6 Å². The van der Waals surface area contributed by atoms with Gasteiger partial charge in [-0.05, 0) is 32.1 Å². The summed E-state index contributed by atoms with van der Waals surface area (Å²) in [7, 11) is 0. The molecule has 0 spiro atoms. The second-order valence-electron chi connectivity index (χ2n) is 4.01. The van der Waals surface area contributed by atoms with Gasteiger partial charge in [-0.3, -0.25) is 0 Å². The Morgan fingerprint density at radius 2 is 1.83 bits per heavy atom. The van der Waals surface area contributed by atoms with Gasteiger partial charge in [0.15, 0.2) is 0 Å². The molecule has 0 radical (unpaired) electrons. The number of nitrogens with two attached hydrogens (primary N) is 1. The number of benzene rings is 1. The molecule has 0 saturated carbocycles. The minimum absolute atomic E-state index is 0.604. The van der Waals surface area contributed by atoms with Gasteiger partial charge >= 0.3 is 0 Å². The lowest BCUT2D eigenvalue weighted by Gasteiger charge is -2.18. The number of hydrogen-bond donors (Lipinski definition) is 1. The van der Waals surface area contributed by atoms with Crippen molar-refractivity contribution in [2.45, 2.75) is 20.8 Å². The number of ether oxygens (including phenoxy) is 2. The molecule has 0 bridgehead atoms. The third-order valence-electron chi connectivity index (χ3n) is 2.86. The number of likely N-dealkylation sites (N-methyl/N-ethyl adjacent to an activating group) is 1. The Morgan fingerprint density at radius 1 is 1.11 bits per heavy atom. The van der Waals surface area contributed by atoms with Crippen LogP contribution in [0.4, 0.5) is 5.69 Å². The second-order valence-corrected chi connectivity index (χ2v) is 4.01. The van der Waals surface area contributed by atoms with Gasteiger partial charge in [0.25, 0.3) is 0 Å². The molecule has 18 heavy (non-hydrogen) atoms. The molecule has 0 amide bonds. The lowest BCUT2D eigenvalue weighted by molar-refractivity contribution is 0.222. The third-order valence-corrected chi connectivity index (χ3v) is 2.86. The fourth-order valence-electron chi connectivity index (χ4n) is 1.72. The van der Waals surface area contributed by atoms with Gasteiger partial charge in [0.1, 0.15) is 18.1 Å². The van der Waals surface area contributed by atoms with E-state index >= 15 is 0 Å². The Labute approximate surface area is 110 Å². The van der Waals surface area contributed by atoms with E-state index in [9.17, 15) is 0 Å². The van der Waals surface area contributed by atoms with Crippen LogP contribution in [0, 0.1) is 0 Å². The molecular weight excluding hydrogens is 228 g/mol. The molecule has 0 aliphatic carbocycles. The Bertz CT molecular complexity index is 352. The van der Waals surface area contributed by atoms with Crippen LogP contribution in [0.5, 0.6) is 11.5 Å². The molecule has 0 atom stereocenters. The summed E-state index contributed by atoms with van der Waals surface area (Å²) in [5.74, 6) is 1.50. The van der Waals surface area contributed by atoms with Crippen molar-refractivity contribution >= 4 is 5.69 Å². The second kappa shape index (κ2) is 7.82. The average molecular weight is 252 g/mol. The maximum Gasteiger partial charge on any atom is 0.145 e. The molecule has 0 fully saturated rings. The van der Waals surface area contributed by atoms with Crippen LogP contribution in [0.25, 0.3) is 0 Å². The highest BCUT2D eigenvalue weighted by Crippen LogP contribution is 2.26. The molecule has 0 aromatic heterocycles. The topological polar surface area (TPSA) is 47.7 Å². The van der Waals surface area contributed by atoms with Crippen LogP contribution in [0.2, 0.25) is 0 Å². The molecule has 0 heterocycles. The van der Waals surface area contributed by atoms with E-state index in [0.29, 0.717) is 24.7 Å². The fourth-order valence-corrected chi connectivity index (χ4v) is 1.72. The molecule has 0 unspecified atom stereocenters. The number of nitrogens with zero attached hydrogens (tertiary/aromatic N) is 1. The Morgan fingerprint density at radius 3 is 2.44 bits per heavy atom. The van der Waals surface area contributed by atoms with Crippen LogP contribution in [0.3, 0.4) is 0 Å². The zero-order valence-electron chi connectivity index (χ0n) is 11.6. The fraction of sp³-hybridized carbons (Fsp3) is 0.571. The highest BCUT2D eigenvalue weighted by molar-refractivity contribution is 5.55. The standard InChI is InChI=1S/C14H24N2O2/c1-4-16(5-2)9-10-18-12-7-8-13(15)14(11-12)17-6-3/h7-8,11H,4-6,9-10,15H2,1-3H3. The summed E-state index contributed by atoms with van der Waals surface area (Å²) in [4.78, 5) is 2.32. The first-order valence-electron chi connectivity index (χ1n) is 6.58. The predicted octanol–water partition coefficient (Wildman–Crippen LogP) is 2.39. The van der Waals surface area contributed by atoms with Crippen LogP contribution in [0.1, 0.15) is 20.8 Å². The number of hydrogen-bond acceptors (Lipinski definition) is 4. The van der Waals surface area contributed by atoms with Crippen LogP contribution < -0.4 is 15.2 Å². The van der Waals surface area contributed by atoms with E-state index in [1.807, 2.05) is 25.1 Å². The summed E-state index contributed by atoms with van der Waals surface area (Å²) in [5.41, 5.74) is 6.45. The summed E-state index contributed by atoms with van der Waals surface area (Å²) in [6, 6.07) is 5.54. The number of anilines is 1. The highest BCUT2D eigenvalue weighted by Gasteiger charge is 2.04. The van der Waals surface area contributed by atoms with Crippen molar-refractivity contribution in [3.8, 4) is 11.5 Å². The largest absolute Gasteiger partial charge is 0.492 e. The average Bonchev–Trinajstić information content (AvgIpc) is 2.38. The van der Waals surface area contributed by atoms with Crippen molar-refractivity contribution in [3.05, 3.63) is 18.2 Å². The minimum atomic E-state index is 0.604. The predicted molar refractivity (Wildman–Crippen MR) is 75.3 cm³/mol. The molecule has 2 N–H and O–H groups in total. The van der Waals surface area contributed by atoms with Gasteiger partial charge in [-0.2, -0.15) is 0 Å². The van der Waals surface area contributed by atoms with Crippen molar-refractivity contribution in [1.82, 2.24) is 4.90 Å².